The Balaban J connectivity index is 2.28. The van der Waals surface area contributed by atoms with Crippen molar-refractivity contribution in [3.8, 4) is 0 Å². The van der Waals surface area contributed by atoms with Crippen LogP contribution >= 0.6 is 0 Å². The molecule has 82 valence electrons. The van der Waals surface area contributed by atoms with E-state index in [4.69, 9.17) is 9.84 Å². The van der Waals surface area contributed by atoms with Gasteiger partial charge in [0.25, 0.3) is 0 Å². The predicted molar refractivity (Wildman–Crippen MR) is 54.2 cm³/mol. The molecule has 1 aliphatic heterocycles. The fourth-order valence-electron chi connectivity index (χ4n) is 1.98. The van der Waals surface area contributed by atoms with Crippen molar-refractivity contribution in [3.05, 3.63) is 0 Å². The molecule has 3 heteroatoms. The van der Waals surface area contributed by atoms with E-state index in [2.05, 4.69) is 0 Å². The molecule has 1 aliphatic rings. The van der Waals surface area contributed by atoms with Gasteiger partial charge < -0.3 is 9.84 Å². The van der Waals surface area contributed by atoms with E-state index in [0.717, 1.165) is 32.3 Å². The van der Waals surface area contributed by atoms with Gasteiger partial charge in [-0.3, -0.25) is 4.79 Å². The second-order valence-corrected chi connectivity index (χ2v) is 4.40. The molecule has 0 amide bonds. The first-order valence-corrected chi connectivity index (χ1v) is 5.45. The molecule has 0 aromatic carbocycles. The van der Waals surface area contributed by atoms with Crippen molar-refractivity contribution in [2.45, 2.75) is 45.6 Å². The molecule has 1 rings (SSSR count). The van der Waals surface area contributed by atoms with Crippen LogP contribution in [0.1, 0.15) is 39.5 Å². The molecule has 1 N–H and O–H groups in total. The van der Waals surface area contributed by atoms with E-state index in [-0.39, 0.29) is 11.8 Å². The van der Waals surface area contributed by atoms with Crippen molar-refractivity contribution in [2.24, 2.45) is 11.8 Å². The molecule has 2 atom stereocenters. The summed E-state index contributed by atoms with van der Waals surface area (Å²) >= 11 is 0. The van der Waals surface area contributed by atoms with E-state index in [0.29, 0.717) is 6.10 Å². The number of carboxylic acids is 1. The summed E-state index contributed by atoms with van der Waals surface area (Å²) in [5.41, 5.74) is 0. The summed E-state index contributed by atoms with van der Waals surface area (Å²) < 4.78 is 5.47. The predicted octanol–water partition coefficient (Wildman–Crippen LogP) is 2.30. The van der Waals surface area contributed by atoms with Crippen LogP contribution in [0.3, 0.4) is 0 Å². The topological polar surface area (TPSA) is 46.5 Å². The van der Waals surface area contributed by atoms with Gasteiger partial charge in [-0.2, -0.15) is 0 Å². The van der Waals surface area contributed by atoms with Crippen molar-refractivity contribution in [1.29, 1.82) is 0 Å². The molecule has 3 nitrogen and oxygen atoms in total. The summed E-state index contributed by atoms with van der Waals surface area (Å²) in [7, 11) is 0. The summed E-state index contributed by atoms with van der Waals surface area (Å²) in [6.07, 6.45) is 4.19. The SMILES string of the molecule is CC(C)C(CCC1CCCO1)C(=O)O. The quantitative estimate of drug-likeness (QED) is 0.740. The van der Waals surface area contributed by atoms with E-state index < -0.39 is 5.97 Å². The lowest BCUT2D eigenvalue weighted by atomic mass is 9.90. The highest BCUT2D eigenvalue weighted by molar-refractivity contribution is 5.70. The van der Waals surface area contributed by atoms with Crippen molar-refractivity contribution >= 4 is 5.97 Å². The van der Waals surface area contributed by atoms with Gasteiger partial charge in [-0.05, 0) is 31.6 Å². The second-order valence-electron chi connectivity index (χ2n) is 4.40. The van der Waals surface area contributed by atoms with Crippen LogP contribution in [0.4, 0.5) is 0 Å². The van der Waals surface area contributed by atoms with Crippen LogP contribution in [0, 0.1) is 11.8 Å². The van der Waals surface area contributed by atoms with E-state index >= 15 is 0 Å². The minimum Gasteiger partial charge on any atom is -0.481 e. The van der Waals surface area contributed by atoms with E-state index in [1.54, 1.807) is 0 Å². The van der Waals surface area contributed by atoms with Gasteiger partial charge in [0.05, 0.1) is 12.0 Å². The maximum atomic E-state index is 10.9. The fraction of sp³-hybridized carbons (Fsp3) is 0.909. The van der Waals surface area contributed by atoms with E-state index in [1.165, 1.54) is 0 Å². The van der Waals surface area contributed by atoms with Gasteiger partial charge in [0.15, 0.2) is 0 Å². The molecule has 0 aromatic heterocycles. The number of carbonyl (C=O) groups is 1. The van der Waals surface area contributed by atoms with Crippen LogP contribution in [0.5, 0.6) is 0 Å². The first-order valence-electron chi connectivity index (χ1n) is 5.45. The van der Waals surface area contributed by atoms with E-state index in [9.17, 15) is 4.79 Å². The molecule has 0 bridgehead atoms. The zero-order valence-electron chi connectivity index (χ0n) is 9.03. The summed E-state index contributed by atoms with van der Waals surface area (Å²) in [5.74, 6) is -0.661. The normalized spacial score (nSPS) is 24.1. The van der Waals surface area contributed by atoms with Crippen LogP contribution in [0.15, 0.2) is 0 Å². The van der Waals surface area contributed by atoms with Crippen LogP contribution in [-0.2, 0) is 9.53 Å². The molecular formula is C11H20O3. The summed E-state index contributed by atoms with van der Waals surface area (Å²) in [5, 5.41) is 8.98. The van der Waals surface area contributed by atoms with E-state index in [1.807, 2.05) is 13.8 Å². The van der Waals surface area contributed by atoms with Gasteiger partial charge in [0.2, 0.25) is 0 Å². The Morgan fingerprint density at radius 3 is 2.71 bits per heavy atom. The van der Waals surface area contributed by atoms with Crippen LogP contribution < -0.4 is 0 Å². The van der Waals surface area contributed by atoms with Crippen molar-refractivity contribution in [1.82, 2.24) is 0 Å². The Kier molecular flexibility index (Phi) is 4.39. The molecule has 14 heavy (non-hydrogen) atoms. The Hall–Kier alpha value is -0.570. The lowest BCUT2D eigenvalue weighted by molar-refractivity contribution is -0.143. The number of rotatable bonds is 5. The Bertz CT molecular complexity index is 183. The Morgan fingerprint density at radius 1 is 1.57 bits per heavy atom. The third-order valence-corrected chi connectivity index (χ3v) is 2.95. The standard InChI is InChI=1S/C11H20O3/c1-8(2)10(11(12)13)6-5-9-4-3-7-14-9/h8-10H,3-7H2,1-2H3,(H,12,13). The zero-order chi connectivity index (χ0) is 10.6. The minimum absolute atomic E-state index is 0.209. The molecule has 0 saturated carbocycles. The molecule has 0 radical (unpaired) electrons. The van der Waals surface area contributed by atoms with Gasteiger partial charge in [-0.1, -0.05) is 13.8 Å². The largest absolute Gasteiger partial charge is 0.481 e. The molecular weight excluding hydrogens is 180 g/mol. The highest BCUT2D eigenvalue weighted by atomic mass is 16.5. The molecule has 0 aliphatic carbocycles. The Morgan fingerprint density at radius 2 is 2.29 bits per heavy atom. The summed E-state index contributed by atoms with van der Waals surface area (Å²) in [6.45, 7) is 4.78. The third kappa shape index (κ3) is 3.29. The summed E-state index contributed by atoms with van der Waals surface area (Å²) in [6, 6.07) is 0. The lowest BCUT2D eigenvalue weighted by Crippen LogP contribution is -2.21. The van der Waals surface area contributed by atoms with Crippen molar-refractivity contribution in [3.63, 3.8) is 0 Å². The highest BCUT2D eigenvalue weighted by Crippen LogP contribution is 2.23. The Labute approximate surface area is 85.5 Å². The van der Waals surface area contributed by atoms with Gasteiger partial charge in [0, 0.05) is 6.61 Å². The maximum Gasteiger partial charge on any atom is 0.306 e. The molecule has 2 unspecified atom stereocenters. The average molecular weight is 200 g/mol. The first kappa shape index (κ1) is 11.5. The molecule has 1 heterocycles. The van der Waals surface area contributed by atoms with Gasteiger partial charge in [-0.15, -0.1) is 0 Å². The minimum atomic E-state index is -0.669. The van der Waals surface area contributed by atoms with Gasteiger partial charge >= 0.3 is 5.97 Å². The number of aliphatic carboxylic acids is 1. The van der Waals surface area contributed by atoms with Crippen molar-refractivity contribution in [2.75, 3.05) is 6.61 Å². The highest BCUT2D eigenvalue weighted by Gasteiger charge is 2.24. The van der Waals surface area contributed by atoms with Gasteiger partial charge in [0.1, 0.15) is 0 Å². The smallest absolute Gasteiger partial charge is 0.306 e. The second kappa shape index (κ2) is 5.35. The summed E-state index contributed by atoms with van der Waals surface area (Å²) in [4.78, 5) is 10.9. The maximum absolute atomic E-state index is 10.9. The zero-order valence-corrected chi connectivity index (χ0v) is 9.03. The van der Waals surface area contributed by atoms with Gasteiger partial charge in [-0.25, -0.2) is 0 Å². The fourth-order valence-corrected chi connectivity index (χ4v) is 1.98. The third-order valence-electron chi connectivity index (χ3n) is 2.95. The van der Waals surface area contributed by atoms with Crippen molar-refractivity contribution < 1.29 is 14.6 Å². The molecule has 0 spiro atoms. The lowest BCUT2D eigenvalue weighted by Gasteiger charge is -2.17. The monoisotopic (exact) mass is 200 g/mol. The molecule has 1 fully saturated rings. The molecule has 1 saturated heterocycles. The number of ether oxygens (including phenoxy) is 1. The number of carboxylic acid groups (broad SMARTS) is 1. The van der Waals surface area contributed by atoms with Crippen LogP contribution in [0.25, 0.3) is 0 Å². The first-order chi connectivity index (χ1) is 6.61. The number of hydrogen-bond acceptors (Lipinski definition) is 2. The van der Waals surface area contributed by atoms with Crippen LogP contribution in [0.2, 0.25) is 0 Å². The number of hydrogen-bond donors (Lipinski definition) is 1. The average Bonchev–Trinajstić information content (AvgIpc) is 2.55. The molecule has 0 aromatic rings. The van der Waals surface area contributed by atoms with Crippen LogP contribution in [-0.4, -0.2) is 23.8 Å².